The number of carbonyl (C=O) groups is 3. The highest BCUT2D eigenvalue weighted by molar-refractivity contribution is 6.21. The Labute approximate surface area is 218 Å². The minimum atomic E-state index is -5.32. The van der Waals surface area contributed by atoms with Crippen molar-refractivity contribution >= 4 is 23.3 Å². The van der Waals surface area contributed by atoms with Gasteiger partial charge in [-0.25, -0.2) is 0 Å². The number of hydrogen-bond acceptors (Lipinski definition) is 5. The van der Waals surface area contributed by atoms with E-state index in [1.54, 1.807) is 39.0 Å². The molecule has 1 aliphatic carbocycles. The van der Waals surface area contributed by atoms with Crippen molar-refractivity contribution in [2.24, 2.45) is 5.41 Å². The van der Waals surface area contributed by atoms with Gasteiger partial charge in [0, 0.05) is 23.4 Å². The van der Waals surface area contributed by atoms with Crippen LogP contribution in [0, 0.1) is 19.3 Å². The van der Waals surface area contributed by atoms with Gasteiger partial charge in [-0.15, -0.1) is 0 Å². The summed E-state index contributed by atoms with van der Waals surface area (Å²) in [4.78, 5) is 41.6. The van der Waals surface area contributed by atoms with E-state index in [4.69, 9.17) is 9.47 Å². The molecule has 0 unspecified atom stereocenters. The van der Waals surface area contributed by atoms with Gasteiger partial charge in [0.05, 0.1) is 19.8 Å². The van der Waals surface area contributed by atoms with Gasteiger partial charge in [-0.1, -0.05) is 19.9 Å². The number of methoxy groups -OCH3 is 2. The molecule has 1 aliphatic heterocycles. The summed E-state index contributed by atoms with van der Waals surface area (Å²) in [6.07, 6.45) is -5.48. The maximum absolute atomic E-state index is 15.1. The molecule has 2 aromatic carbocycles. The zero-order chi connectivity index (χ0) is 28.2. The zero-order valence-electron chi connectivity index (χ0n) is 22.0. The monoisotopic (exact) mass is 530 g/mol. The Balaban J connectivity index is 1.92. The molecule has 0 saturated carbocycles. The molecule has 0 spiro atoms. The maximum atomic E-state index is 15.1. The Kier molecular flexibility index (Phi) is 6.58. The first kappa shape index (κ1) is 27.2. The van der Waals surface area contributed by atoms with Gasteiger partial charge in [0.25, 0.3) is 11.8 Å². The molecule has 10 heteroatoms. The summed E-state index contributed by atoms with van der Waals surface area (Å²) in [6, 6.07) is 8.67. The molecule has 0 saturated heterocycles. The van der Waals surface area contributed by atoms with Crippen molar-refractivity contribution in [1.29, 1.82) is 0 Å². The molecule has 1 N–H and O–H groups in total. The maximum Gasteiger partial charge on any atom is 0.425 e. The number of anilines is 1. The van der Waals surface area contributed by atoms with Crippen molar-refractivity contribution in [3.8, 4) is 11.5 Å². The molecule has 2 aliphatic rings. The van der Waals surface area contributed by atoms with Crippen LogP contribution in [0.4, 0.5) is 18.9 Å². The first-order valence-corrected chi connectivity index (χ1v) is 12.0. The number of aryl methyl sites for hydroxylation is 2. The summed E-state index contributed by atoms with van der Waals surface area (Å²) in [5.74, 6) is -3.09. The number of allylic oxidation sites excluding steroid dienone is 1. The summed E-state index contributed by atoms with van der Waals surface area (Å²) in [7, 11) is 2.69. The van der Waals surface area contributed by atoms with Crippen molar-refractivity contribution in [2.75, 3.05) is 19.1 Å². The van der Waals surface area contributed by atoms with Crippen LogP contribution in [0.25, 0.3) is 0 Å². The minimum absolute atomic E-state index is 0.0385. The van der Waals surface area contributed by atoms with Crippen molar-refractivity contribution in [2.45, 2.75) is 52.3 Å². The number of nitrogens with one attached hydrogen (secondary N) is 1. The number of halogens is 3. The molecule has 38 heavy (non-hydrogen) atoms. The summed E-state index contributed by atoms with van der Waals surface area (Å²) < 4.78 is 55.5. The molecule has 0 aromatic heterocycles. The van der Waals surface area contributed by atoms with Gasteiger partial charge in [0.2, 0.25) is 5.54 Å². The average molecular weight is 531 g/mol. The first-order chi connectivity index (χ1) is 17.7. The Hall–Kier alpha value is -3.82. The van der Waals surface area contributed by atoms with Crippen LogP contribution < -0.4 is 19.7 Å². The third kappa shape index (κ3) is 4.21. The minimum Gasteiger partial charge on any atom is -0.493 e. The van der Waals surface area contributed by atoms with Gasteiger partial charge in [-0.3, -0.25) is 19.3 Å². The number of Topliss-reactive ketones (excluding diaryl/α,β-unsaturated/α-hetero) is 1. The van der Waals surface area contributed by atoms with Crippen LogP contribution in [0.3, 0.4) is 0 Å². The molecule has 1 atom stereocenters. The van der Waals surface area contributed by atoms with Crippen LogP contribution in [0.15, 0.2) is 47.7 Å². The SMILES string of the molecule is COc1ccc(C(=O)N[C@]2(C(F)(F)F)C(=O)N(c3ccc(C)c(C)c3)C3=C2C(=O)CC(C)(C)C3)cc1OC. The number of nitrogens with zero attached hydrogens (tertiary/aromatic N) is 1. The van der Waals surface area contributed by atoms with E-state index in [1.165, 1.54) is 32.4 Å². The number of benzene rings is 2. The number of amides is 2. The zero-order valence-corrected chi connectivity index (χ0v) is 22.0. The van der Waals surface area contributed by atoms with E-state index in [0.29, 0.717) is 0 Å². The normalized spacial score (nSPS) is 20.9. The highest BCUT2D eigenvalue weighted by Crippen LogP contribution is 2.53. The van der Waals surface area contributed by atoms with Gasteiger partial charge in [0.1, 0.15) is 0 Å². The first-order valence-electron chi connectivity index (χ1n) is 12.0. The van der Waals surface area contributed by atoms with E-state index in [0.717, 1.165) is 16.0 Å². The fourth-order valence-electron chi connectivity index (χ4n) is 5.11. The summed E-state index contributed by atoms with van der Waals surface area (Å²) in [6.45, 7) is 7.13. The molecule has 202 valence electrons. The molecular weight excluding hydrogens is 501 g/mol. The lowest BCUT2D eigenvalue weighted by Gasteiger charge is -2.35. The fraction of sp³-hybridized carbons (Fsp3) is 0.393. The molecule has 0 bridgehead atoms. The van der Waals surface area contributed by atoms with Crippen molar-refractivity contribution in [1.82, 2.24) is 5.32 Å². The second-order valence-corrected chi connectivity index (χ2v) is 10.4. The predicted molar refractivity (Wildman–Crippen MR) is 134 cm³/mol. The Morgan fingerprint density at radius 2 is 1.61 bits per heavy atom. The van der Waals surface area contributed by atoms with Gasteiger partial charge in [0.15, 0.2) is 17.3 Å². The lowest BCUT2D eigenvalue weighted by molar-refractivity contribution is -0.186. The van der Waals surface area contributed by atoms with Crippen LogP contribution in [0.5, 0.6) is 11.5 Å². The third-order valence-electron chi connectivity index (χ3n) is 7.14. The molecule has 2 amide bonds. The smallest absolute Gasteiger partial charge is 0.425 e. The van der Waals surface area contributed by atoms with Gasteiger partial charge >= 0.3 is 6.18 Å². The molecule has 0 fully saturated rings. The summed E-state index contributed by atoms with van der Waals surface area (Å²) in [5, 5.41) is 1.94. The Bertz CT molecular complexity index is 1380. The largest absolute Gasteiger partial charge is 0.493 e. The number of ether oxygens (including phenoxy) is 2. The van der Waals surface area contributed by atoms with Crippen molar-refractivity contribution in [3.63, 3.8) is 0 Å². The molecular formula is C28H29F3N2O5. The number of rotatable bonds is 5. The quantitative estimate of drug-likeness (QED) is 0.586. The predicted octanol–water partition coefficient (Wildman–Crippen LogP) is 5.04. The van der Waals surface area contributed by atoms with Gasteiger partial charge in [-0.2, -0.15) is 13.2 Å². The van der Waals surface area contributed by atoms with Crippen molar-refractivity contribution < 1.29 is 37.0 Å². The van der Waals surface area contributed by atoms with Gasteiger partial charge < -0.3 is 14.8 Å². The molecule has 0 radical (unpaired) electrons. The lowest BCUT2D eigenvalue weighted by atomic mass is 9.72. The highest BCUT2D eigenvalue weighted by Gasteiger charge is 2.72. The van der Waals surface area contributed by atoms with E-state index in [1.807, 2.05) is 12.2 Å². The average Bonchev–Trinajstić information content (AvgIpc) is 3.07. The number of alkyl halides is 3. The number of carbonyl (C=O) groups excluding carboxylic acids is 3. The summed E-state index contributed by atoms with van der Waals surface area (Å²) >= 11 is 0. The fourth-order valence-corrected chi connectivity index (χ4v) is 5.11. The Morgan fingerprint density at radius 3 is 2.18 bits per heavy atom. The summed E-state index contributed by atoms with van der Waals surface area (Å²) in [5.41, 5.74) is -3.39. The molecule has 4 rings (SSSR count). The second-order valence-electron chi connectivity index (χ2n) is 10.4. The standard InChI is InChI=1S/C28H29F3N2O5/c1-15-7-9-18(11-16(15)2)33-19-13-26(3,4)14-20(34)23(19)27(25(33)36,28(29,30)31)32-24(35)17-8-10-21(37-5)22(12-17)38-6/h7-12H,13-14H2,1-6H3,(H,32,35)/t27-/m0/s1. The highest BCUT2D eigenvalue weighted by atomic mass is 19.4. The van der Waals surface area contributed by atoms with E-state index in [2.05, 4.69) is 0 Å². The van der Waals surface area contributed by atoms with E-state index < -0.39 is 40.3 Å². The van der Waals surface area contributed by atoms with E-state index >= 15 is 13.2 Å². The number of ketones is 1. The van der Waals surface area contributed by atoms with Crippen molar-refractivity contribution in [3.05, 3.63) is 64.4 Å². The van der Waals surface area contributed by atoms with Crippen LogP contribution in [-0.2, 0) is 9.59 Å². The van der Waals surface area contributed by atoms with Crippen LogP contribution in [-0.4, -0.2) is 43.5 Å². The van der Waals surface area contributed by atoms with E-state index in [-0.39, 0.29) is 41.3 Å². The molecule has 1 heterocycles. The number of hydrogen-bond donors (Lipinski definition) is 1. The third-order valence-corrected chi connectivity index (χ3v) is 7.14. The Morgan fingerprint density at radius 1 is 0.947 bits per heavy atom. The van der Waals surface area contributed by atoms with Crippen LogP contribution >= 0.6 is 0 Å². The topological polar surface area (TPSA) is 84.9 Å². The molecule has 2 aromatic rings. The van der Waals surface area contributed by atoms with Crippen LogP contribution in [0.1, 0.15) is 48.2 Å². The molecule has 7 nitrogen and oxygen atoms in total. The van der Waals surface area contributed by atoms with E-state index in [9.17, 15) is 14.4 Å². The lowest BCUT2D eigenvalue weighted by Crippen LogP contribution is -2.66. The van der Waals surface area contributed by atoms with Gasteiger partial charge in [-0.05, 0) is 67.1 Å². The van der Waals surface area contributed by atoms with Crippen LogP contribution in [0.2, 0.25) is 0 Å². The second kappa shape index (κ2) is 9.18.